The summed E-state index contributed by atoms with van der Waals surface area (Å²) in [7, 11) is 0. The third-order valence-corrected chi connectivity index (χ3v) is 3.09. The molecule has 0 amide bonds. The lowest BCUT2D eigenvalue weighted by Crippen LogP contribution is -1.86. The molecule has 0 fully saturated rings. The molecule has 2 aromatic rings. The molecule has 0 aromatic heterocycles. The second-order valence-electron chi connectivity index (χ2n) is 4.70. The van der Waals surface area contributed by atoms with Crippen LogP contribution in [0, 0.1) is 19.7 Å². The van der Waals surface area contributed by atoms with E-state index < -0.39 is 0 Å². The van der Waals surface area contributed by atoms with Crippen LogP contribution in [0.2, 0.25) is 0 Å². The molecule has 0 spiro atoms. The highest BCUT2D eigenvalue weighted by Crippen LogP contribution is 2.20. The molecular formula is C17H17F. The Morgan fingerprint density at radius 3 is 2.28 bits per heavy atom. The molecule has 0 atom stereocenters. The van der Waals surface area contributed by atoms with E-state index >= 15 is 0 Å². The van der Waals surface area contributed by atoms with Gasteiger partial charge in [-0.15, -0.1) is 0 Å². The molecule has 0 aliphatic heterocycles. The Labute approximate surface area is 108 Å². The highest BCUT2D eigenvalue weighted by molar-refractivity contribution is 5.80. The van der Waals surface area contributed by atoms with Crippen molar-refractivity contribution in [3.8, 4) is 0 Å². The van der Waals surface area contributed by atoms with Crippen molar-refractivity contribution in [2.24, 2.45) is 0 Å². The lowest BCUT2D eigenvalue weighted by molar-refractivity contribution is 0.618. The molecule has 0 N–H and O–H groups in total. The fraction of sp³-hybridized carbons (Fsp3) is 0.176. The van der Waals surface area contributed by atoms with Crippen LogP contribution in [0.25, 0.3) is 11.6 Å². The van der Waals surface area contributed by atoms with Gasteiger partial charge in [-0.3, -0.25) is 0 Å². The Hall–Kier alpha value is -1.89. The van der Waals surface area contributed by atoms with Crippen molar-refractivity contribution in [3.63, 3.8) is 0 Å². The molecule has 0 aliphatic rings. The van der Waals surface area contributed by atoms with Crippen LogP contribution in [0.1, 0.15) is 29.2 Å². The number of allylic oxidation sites excluding steroid dienone is 1. The number of hydrogen-bond acceptors (Lipinski definition) is 0. The monoisotopic (exact) mass is 240 g/mol. The minimum absolute atomic E-state index is 0.149. The summed E-state index contributed by atoms with van der Waals surface area (Å²) in [6.45, 7) is 5.85. The van der Waals surface area contributed by atoms with Crippen molar-refractivity contribution < 1.29 is 4.39 Å². The Morgan fingerprint density at radius 2 is 1.67 bits per heavy atom. The largest absolute Gasteiger partial charge is 0.207 e. The van der Waals surface area contributed by atoms with Crippen LogP contribution >= 0.6 is 0 Å². The zero-order valence-electron chi connectivity index (χ0n) is 11.0. The predicted molar refractivity (Wildman–Crippen MR) is 75.9 cm³/mol. The van der Waals surface area contributed by atoms with Crippen molar-refractivity contribution in [2.75, 3.05) is 0 Å². The molecule has 0 unspecified atom stereocenters. The SMILES string of the molecule is CC(=Cc1ccc(C)cc1)c1ccc(C)c(F)c1. The smallest absolute Gasteiger partial charge is 0.126 e. The highest BCUT2D eigenvalue weighted by Gasteiger charge is 2.01. The van der Waals surface area contributed by atoms with Crippen LogP contribution < -0.4 is 0 Å². The molecule has 18 heavy (non-hydrogen) atoms. The van der Waals surface area contributed by atoms with Crippen LogP contribution in [0.5, 0.6) is 0 Å². The van der Waals surface area contributed by atoms with Gasteiger partial charge < -0.3 is 0 Å². The summed E-state index contributed by atoms with van der Waals surface area (Å²) in [6, 6.07) is 13.7. The Balaban J connectivity index is 2.32. The number of benzene rings is 2. The molecular weight excluding hydrogens is 223 g/mol. The summed E-state index contributed by atoms with van der Waals surface area (Å²) in [4.78, 5) is 0. The number of hydrogen-bond donors (Lipinski definition) is 0. The van der Waals surface area contributed by atoms with E-state index in [1.807, 2.05) is 19.1 Å². The van der Waals surface area contributed by atoms with Gasteiger partial charge in [0.1, 0.15) is 5.82 Å². The lowest BCUT2D eigenvalue weighted by atomic mass is 10.0. The zero-order valence-corrected chi connectivity index (χ0v) is 11.0. The summed E-state index contributed by atoms with van der Waals surface area (Å²) in [5, 5.41) is 0. The zero-order chi connectivity index (χ0) is 13.1. The van der Waals surface area contributed by atoms with Gasteiger partial charge in [-0.05, 0) is 49.1 Å². The van der Waals surface area contributed by atoms with E-state index in [2.05, 4.69) is 37.3 Å². The van der Waals surface area contributed by atoms with E-state index in [1.54, 1.807) is 13.0 Å². The maximum Gasteiger partial charge on any atom is 0.126 e. The summed E-state index contributed by atoms with van der Waals surface area (Å²) in [6.07, 6.45) is 2.07. The van der Waals surface area contributed by atoms with Crippen molar-refractivity contribution in [1.82, 2.24) is 0 Å². The van der Waals surface area contributed by atoms with E-state index in [1.165, 1.54) is 5.56 Å². The maximum absolute atomic E-state index is 13.5. The maximum atomic E-state index is 13.5. The van der Waals surface area contributed by atoms with E-state index in [0.29, 0.717) is 5.56 Å². The van der Waals surface area contributed by atoms with Gasteiger partial charge in [0, 0.05) is 0 Å². The second kappa shape index (κ2) is 5.18. The third kappa shape index (κ3) is 2.86. The number of rotatable bonds is 2. The topological polar surface area (TPSA) is 0 Å². The summed E-state index contributed by atoms with van der Waals surface area (Å²) >= 11 is 0. The molecule has 0 radical (unpaired) electrons. The summed E-state index contributed by atoms with van der Waals surface area (Å²) in [5.41, 5.74) is 5.06. The quantitative estimate of drug-likeness (QED) is 0.648. The highest BCUT2D eigenvalue weighted by atomic mass is 19.1. The fourth-order valence-corrected chi connectivity index (χ4v) is 1.83. The van der Waals surface area contributed by atoms with Gasteiger partial charge in [0.05, 0.1) is 0 Å². The first-order valence-electron chi connectivity index (χ1n) is 6.08. The number of aryl methyl sites for hydroxylation is 2. The van der Waals surface area contributed by atoms with Gasteiger partial charge in [-0.2, -0.15) is 0 Å². The molecule has 0 heterocycles. The molecule has 0 saturated carbocycles. The average Bonchev–Trinajstić information content (AvgIpc) is 2.35. The molecule has 2 aromatic carbocycles. The first-order valence-corrected chi connectivity index (χ1v) is 6.08. The molecule has 0 aliphatic carbocycles. The average molecular weight is 240 g/mol. The Kier molecular flexibility index (Phi) is 3.61. The van der Waals surface area contributed by atoms with Crippen LogP contribution in [-0.4, -0.2) is 0 Å². The fourth-order valence-electron chi connectivity index (χ4n) is 1.83. The molecule has 0 nitrogen and oxygen atoms in total. The van der Waals surface area contributed by atoms with E-state index in [4.69, 9.17) is 0 Å². The minimum atomic E-state index is -0.149. The molecule has 0 bridgehead atoms. The van der Waals surface area contributed by atoms with E-state index in [0.717, 1.165) is 16.7 Å². The van der Waals surface area contributed by atoms with Gasteiger partial charge in [0.25, 0.3) is 0 Å². The Morgan fingerprint density at radius 1 is 1.00 bits per heavy atom. The summed E-state index contributed by atoms with van der Waals surface area (Å²) < 4.78 is 13.5. The second-order valence-corrected chi connectivity index (χ2v) is 4.70. The van der Waals surface area contributed by atoms with Crippen LogP contribution in [-0.2, 0) is 0 Å². The van der Waals surface area contributed by atoms with Crippen LogP contribution in [0.15, 0.2) is 42.5 Å². The lowest BCUT2D eigenvalue weighted by Gasteiger charge is -2.04. The predicted octanol–water partition coefficient (Wildman–Crippen LogP) is 5.00. The van der Waals surface area contributed by atoms with Crippen LogP contribution in [0.4, 0.5) is 4.39 Å². The third-order valence-electron chi connectivity index (χ3n) is 3.09. The van der Waals surface area contributed by atoms with Crippen molar-refractivity contribution in [2.45, 2.75) is 20.8 Å². The van der Waals surface area contributed by atoms with Gasteiger partial charge in [0.15, 0.2) is 0 Å². The first kappa shape index (κ1) is 12.6. The first-order chi connectivity index (χ1) is 8.56. The molecule has 1 heteroatoms. The summed E-state index contributed by atoms with van der Waals surface area (Å²) in [5.74, 6) is -0.149. The minimum Gasteiger partial charge on any atom is -0.207 e. The van der Waals surface area contributed by atoms with Crippen molar-refractivity contribution in [1.29, 1.82) is 0 Å². The van der Waals surface area contributed by atoms with Crippen LogP contribution in [0.3, 0.4) is 0 Å². The number of halogens is 1. The normalized spacial score (nSPS) is 11.7. The Bertz CT molecular complexity index is 577. The van der Waals surface area contributed by atoms with Gasteiger partial charge >= 0.3 is 0 Å². The van der Waals surface area contributed by atoms with Crippen molar-refractivity contribution in [3.05, 3.63) is 70.5 Å². The van der Waals surface area contributed by atoms with Gasteiger partial charge in [-0.1, -0.05) is 48.0 Å². The van der Waals surface area contributed by atoms with Crippen molar-refractivity contribution >= 4 is 11.6 Å². The van der Waals surface area contributed by atoms with Gasteiger partial charge in [0.2, 0.25) is 0 Å². The van der Waals surface area contributed by atoms with Gasteiger partial charge in [-0.25, -0.2) is 4.39 Å². The standard InChI is InChI=1S/C17H17F/c1-12-4-7-15(8-5-12)10-14(3)16-9-6-13(2)17(18)11-16/h4-11H,1-3H3. The molecule has 0 saturated heterocycles. The van der Waals surface area contributed by atoms with E-state index in [9.17, 15) is 4.39 Å². The molecule has 2 rings (SSSR count). The molecule has 92 valence electrons. The van der Waals surface area contributed by atoms with E-state index in [-0.39, 0.29) is 5.82 Å².